The zero-order valence-corrected chi connectivity index (χ0v) is 26.2. The number of carboxylic acids is 1. The predicted molar refractivity (Wildman–Crippen MR) is 155 cm³/mol. The third-order valence-electron chi connectivity index (χ3n) is 6.62. The fourth-order valence-corrected chi connectivity index (χ4v) is 6.39. The summed E-state index contributed by atoms with van der Waals surface area (Å²) >= 11 is 0. The van der Waals surface area contributed by atoms with Crippen LogP contribution in [0.4, 0.5) is 0 Å². The van der Waals surface area contributed by atoms with Crippen molar-refractivity contribution in [2.24, 2.45) is 17.8 Å². The van der Waals surface area contributed by atoms with Gasteiger partial charge in [-0.1, -0.05) is 84.3 Å². The number of hydrogen-bond acceptors (Lipinski definition) is 7. The van der Waals surface area contributed by atoms with Crippen molar-refractivity contribution >= 4 is 21.6 Å². The number of aliphatic carboxylic acids is 1. The highest BCUT2D eigenvalue weighted by molar-refractivity contribution is 7.61. The van der Waals surface area contributed by atoms with Gasteiger partial charge in [0.25, 0.3) is 0 Å². The van der Waals surface area contributed by atoms with Gasteiger partial charge in [0.15, 0.2) is 0 Å². The molecular weight excluding hydrogens is 558 g/mol. The Labute approximate surface area is 239 Å². The van der Waals surface area contributed by atoms with Crippen LogP contribution in [-0.2, 0) is 29.2 Å². The van der Waals surface area contributed by atoms with Gasteiger partial charge in [-0.15, -0.1) is 0 Å². The minimum absolute atomic E-state index is 0.126. The SMILES string of the molecule is CC(=CCOP(=O)(O)OP(=O)(O)Oc1ccc(O)cc1CC(=O)O)CCCC(C)CCCC(C)CCCC(C)C. The molecule has 1 aromatic carbocycles. The lowest BCUT2D eigenvalue weighted by Gasteiger charge is -2.17. The average Bonchev–Trinajstić information content (AvgIpc) is 2.79. The molecule has 0 spiro atoms. The second-order valence-corrected chi connectivity index (χ2v) is 14.1. The number of phenols is 1. The molecule has 0 aliphatic heterocycles. The highest BCUT2D eigenvalue weighted by Gasteiger charge is 2.37. The van der Waals surface area contributed by atoms with Crippen molar-refractivity contribution in [3.05, 3.63) is 35.4 Å². The van der Waals surface area contributed by atoms with Crippen LogP contribution in [0.15, 0.2) is 29.8 Å². The minimum atomic E-state index is -5.17. The Hall–Kier alpha value is -1.67. The van der Waals surface area contributed by atoms with Crippen molar-refractivity contribution in [3.8, 4) is 11.5 Å². The van der Waals surface area contributed by atoms with Gasteiger partial charge < -0.3 is 19.6 Å². The predicted octanol–water partition coefficient (Wildman–Crippen LogP) is 8.02. The number of allylic oxidation sites excluding steroid dienone is 1. The van der Waals surface area contributed by atoms with Crippen LogP contribution in [0.25, 0.3) is 0 Å². The normalized spacial score (nSPS) is 16.8. The van der Waals surface area contributed by atoms with Gasteiger partial charge in [0.05, 0.1) is 13.0 Å². The maximum atomic E-state index is 12.3. The number of phosphoric acid groups is 2. The van der Waals surface area contributed by atoms with Crippen LogP contribution in [0, 0.1) is 17.8 Å². The van der Waals surface area contributed by atoms with Crippen molar-refractivity contribution in [3.63, 3.8) is 0 Å². The first-order chi connectivity index (χ1) is 18.6. The van der Waals surface area contributed by atoms with Crippen LogP contribution in [0.2, 0.25) is 0 Å². The monoisotopic (exact) mass is 606 g/mol. The zero-order valence-electron chi connectivity index (χ0n) is 24.5. The van der Waals surface area contributed by atoms with Crippen molar-refractivity contribution < 1.29 is 47.3 Å². The Kier molecular flexibility index (Phi) is 16.4. The number of phosphoric ester groups is 2. The molecular formula is C28H48O10P2. The number of rotatable bonds is 21. The van der Waals surface area contributed by atoms with E-state index in [1.54, 1.807) is 6.08 Å². The molecule has 1 rings (SSSR count). The summed E-state index contributed by atoms with van der Waals surface area (Å²) in [6, 6.07) is 3.18. The van der Waals surface area contributed by atoms with E-state index in [1.165, 1.54) is 38.5 Å². The lowest BCUT2D eigenvalue weighted by molar-refractivity contribution is -0.136. The highest BCUT2D eigenvalue weighted by atomic mass is 31.3. The van der Waals surface area contributed by atoms with E-state index in [0.717, 1.165) is 54.9 Å². The van der Waals surface area contributed by atoms with Crippen LogP contribution in [0.5, 0.6) is 11.5 Å². The lowest BCUT2D eigenvalue weighted by Crippen LogP contribution is -2.04. The lowest BCUT2D eigenvalue weighted by atomic mass is 9.91. The molecule has 0 radical (unpaired) electrons. The molecule has 4 N–H and O–H groups in total. The number of aromatic hydroxyl groups is 1. The van der Waals surface area contributed by atoms with Gasteiger partial charge in [-0.05, 0) is 55.7 Å². The van der Waals surface area contributed by atoms with Crippen LogP contribution in [0.3, 0.4) is 0 Å². The molecule has 0 aliphatic rings. The third kappa shape index (κ3) is 17.2. The smallest absolute Gasteiger partial charge is 0.508 e. The fourth-order valence-electron chi connectivity index (χ4n) is 4.33. The number of phenolic OH excluding ortho intramolecular Hbond substituents is 1. The number of hydrogen-bond donors (Lipinski definition) is 4. The van der Waals surface area contributed by atoms with Gasteiger partial charge in [0.1, 0.15) is 11.5 Å². The third-order valence-corrected chi connectivity index (χ3v) is 9.17. The van der Waals surface area contributed by atoms with Crippen molar-refractivity contribution in [1.29, 1.82) is 0 Å². The van der Waals surface area contributed by atoms with E-state index in [-0.39, 0.29) is 17.9 Å². The van der Waals surface area contributed by atoms with Gasteiger partial charge in [0, 0.05) is 5.56 Å². The number of carboxylic acid groups (broad SMARTS) is 1. The molecule has 0 saturated carbocycles. The molecule has 0 bridgehead atoms. The molecule has 12 heteroatoms. The van der Waals surface area contributed by atoms with E-state index in [4.69, 9.17) is 14.2 Å². The second kappa shape index (κ2) is 18.0. The summed E-state index contributed by atoms with van der Waals surface area (Å²) in [4.78, 5) is 30.8. The summed E-state index contributed by atoms with van der Waals surface area (Å²) in [5, 5.41) is 18.5. The molecule has 4 atom stereocenters. The number of carbonyl (C=O) groups is 1. The molecule has 40 heavy (non-hydrogen) atoms. The van der Waals surface area contributed by atoms with Crippen LogP contribution < -0.4 is 4.52 Å². The van der Waals surface area contributed by atoms with E-state index in [9.17, 15) is 28.8 Å². The largest absolute Gasteiger partial charge is 0.536 e. The van der Waals surface area contributed by atoms with Crippen molar-refractivity contribution in [1.82, 2.24) is 0 Å². The quantitative estimate of drug-likeness (QED) is 0.0797. The highest BCUT2D eigenvalue weighted by Crippen LogP contribution is 2.60. The Bertz CT molecular complexity index is 1040. The Balaban J connectivity index is 2.40. The molecule has 1 aromatic rings. The summed E-state index contributed by atoms with van der Waals surface area (Å²) in [5.41, 5.74) is 0.829. The molecule has 10 nitrogen and oxygen atoms in total. The average molecular weight is 607 g/mol. The molecule has 0 amide bonds. The van der Waals surface area contributed by atoms with Gasteiger partial charge in [-0.25, -0.2) is 9.13 Å². The topological polar surface area (TPSA) is 160 Å². The number of benzene rings is 1. The van der Waals surface area contributed by atoms with Gasteiger partial charge >= 0.3 is 21.6 Å². The molecule has 0 aliphatic carbocycles. The molecule has 230 valence electrons. The Morgan fingerprint density at radius 2 is 1.50 bits per heavy atom. The van der Waals surface area contributed by atoms with E-state index < -0.39 is 33.8 Å². The van der Waals surface area contributed by atoms with Gasteiger partial charge in [-0.3, -0.25) is 14.2 Å². The van der Waals surface area contributed by atoms with Crippen LogP contribution in [0.1, 0.15) is 98.0 Å². The molecule has 0 fully saturated rings. The van der Waals surface area contributed by atoms with E-state index in [2.05, 4.69) is 32.0 Å². The van der Waals surface area contributed by atoms with Crippen molar-refractivity contribution in [2.45, 2.75) is 98.8 Å². The molecule has 0 aromatic heterocycles. The fraction of sp³-hybridized carbons (Fsp3) is 0.679. The Morgan fingerprint density at radius 3 is 2.08 bits per heavy atom. The van der Waals surface area contributed by atoms with Crippen LogP contribution in [-0.4, -0.2) is 32.6 Å². The van der Waals surface area contributed by atoms with E-state index in [1.807, 2.05) is 6.92 Å². The van der Waals surface area contributed by atoms with Crippen LogP contribution >= 0.6 is 15.6 Å². The van der Waals surface area contributed by atoms with Gasteiger partial charge in [0.2, 0.25) is 0 Å². The molecule has 0 heterocycles. The van der Waals surface area contributed by atoms with Gasteiger partial charge in [-0.2, -0.15) is 4.31 Å². The summed E-state index contributed by atoms with van der Waals surface area (Å²) < 4.78 is 38.4. The second-order valence-electron chi connectivity index (χ2n) is 11.2. The maximum absolute atomic E-state index is 12.3. The standard InChI is InChI=1S/C28H48O10P2/c1-21(2)9-6-10-22(3)11-7-12-23(4)13-8-14-24(5)17-18-36-39(32,33)38-40(34,35)37-27-16-15-26(29)19-25(27)20-28(30)31/h15-17,19,21-23,29H,6-14,18,20H2,1-5H3,(H,30,31)(H,32,33)(H,34,35). The van der Waals surface area contributed by atoms with Crippen molar-refractivity contribution in [2.75, 3.05) is 6.61 Å². The van der Waals surface area contributed by atoms with E-state index in [0.29, 0.717) is 5.92 Å². The minimum Gasteiger partial charge on any atom is -0.508 e. The maximum Gasteiger partial charge on any atom is 0.536 e. The van der Waals surface area contributed by atoms with E-state index >= 15 is 0 Å². The first-order valence-electron chi connectivity index (χ1n) is 14.0. The summed E-state index contributed by atoms with van der Waals surface area (Å²) in [7, 11) is -10.2. The molecule has 0 saturated heterocycles. The summed E-state index contributed by atoms with van der Waals surface area (Å²) in [5.74, 6) is 0.206. The zero-order chi connectivity index (χ0) is 30.3. The first-order valence-corrected chi connectivity index (χ1v) is 17.0. The summed E-state index contributed by atoms with van der Waals surface area (Å²) in [6.07, 6.45) is 11.5. The Morgan fingerprint density at radius 1 is 0.925 bits per heavy atom. The summed E-state index contributed by atoms with van der Waals surface area (Å²) in [6.45, 7) is 10.7. The molecule has 4 unspecified atom stereocenters. The first kappa shape index (κ1) is 36.4.